The molecule has 0 aliphatic carbocycles. The molecule has 1 aliphatic rings. The third kappa shape index (κ3) is 4.43. The molecule has 1 aliphatic heterocycles. The quantitative estimate of drug-likeness (QED) is 0.677. The molecule has 1 saturated heterocycles. The van der Waals surface area contributed by atoms with E-state index in [4.69, 9.17) is 9.90 Å². The Morgan fingerprint density at radius 3 is 2.64 bits per heavy atom. The van der Waals surface area contributed by atoms with Crippen molar-refractivity contribution in [3.8, 4) is 0 Å². The van der Waals surface area contributed by atoms with Crippen LogP contribution in [0.4, 0.5) is 10.2 Å². The molecule has 2 atom stereocenters. The van der Waals surface area contributed by atoms with Crippen molar-refractivity contribution in [3.05, 3.63) is 65.7 Å². The molecule has 146 valence electrons. The molecule has 1 fully saturated rings. The molecule has 0 radical (unpaired) electrons. The number of hydrogen-bond acceptors (Lipinski definition) is 5. The summed E-state index contributed by atoms with van der Waals surface area (Å²) in [6, 6.07) is 10.7. The number of carboxylic acid groups (broad SMARTS) is 1. The van der Waals surface area contributed by atoms with Crippen LogP contribution in [0.2, 0.25) is 0 Å². The van der Waals surface area contributed by atoms with E-state index in [9.17, 15) is 9.50 Å². The molecule has 2 aromatic heterocycles. The van der Waals surface area contributed by atoms with Crippen molar-refractivity contribution in [2.24, 2.45) is 5.92 Å². The smallest absolute Gasteiger partial charge is 0.290 e. The molecule has 2 N–H and O–H groups in total. The lowest BCUT2D eigenvalue weighted by atomic mass is 9.97. The van der Waals surface area contributed by atoms with Crippen LogP contribution < -0.4 is 4.90 Å². The second-order valence-corrected chi connectivity index (χ2v) is 6.86. The Kier molecular flexibility index (Phi) is 6.16. The van der Waals surface area contributed by atoms with Gasteiger partial charge in [0.05, 0.1) is 11.6 Å². The van der Waals surface area contributed by atoms with Crippen LogP contribution >= 0.6 is 0 Å². The van der Waals surface area contributed by atoms with Crippen molar-refractivity contribution in [1.29, 1.82) is 0 Å². The van der Waals surface area contributed by atoms with E-state index < -0.39 is 6.10 Å². The van der Waals surface area contributed by atoms with Gasteiger partial charge in [-0.15, -0.1) is 0 Å². The number of rotatable bonds is 3. The highest BCUT2D eigenvalue weighted by molar-refractivity contribution is 5.84. The molecule has 0 spiro atoms. The van der Waals surface area contributed by atoms with E-state index in [0.717, 1.165) is 29.7 Å². The van der Waals surface area contributed by atoms with Gasteiger partial charge in [-0.05, 0) is 54.8 Å². The molecule has 0 bridgehead atoms. The molecule has 0 amide bonds. The average Bonchev–Trinajstić information content (AvgIpc) is 3.03. The summed E-state index contributed by atoms with van der Waals surface area (Å²) >= 11 is 0. The van der Waals surface area contributed by atoms with Crippen molar-refractivity contribution in [1.82, 2.24) is 9.97 Å². The normalized spacial score (nSPS) is 18.6. The van der Waals surface area contributed by atoms with Gasteiger partial charge >= 0.3 is 0 Å². The predicted octanol–water partition coefficient (Wildman–Crippen LogP) is 2.82. The number of aryl methyl sites for hydroxylation is 1. The fraction of sp³-hybridized carbons (Fsp3) is 0.286. The number of benzene rings is 1. The molecule has 6 nitrogen and oxygen atoms in total. The first-order chi connectivity index (χ1) is 13.5. The number of aliphatic hydroxyl groups excluding tert-OH is 1. The van der Waals surface area contributed by atoms with Crippen molar-refractivity contribution >= 4 is 23.2 Å². The van der Waals surface area contributed by atoms with E-state index in [0.29, 0.717) is 12.1 Å². The summed E-state index contributed by atoms with van der Waals surface area (Å²) in [5.41, 5.74) is 2.89. The third-order valence-electron chi connectivity index (χ3n) is 4.94. The Labute approximate surface area is 162 Å². The molecule has 3 heterocycles. The van der Waals surface area contributed by atoms with Gasteiger partial charge in [-0.2, -0.15) is 0 Å². The third-order valence-corrected chi connectivity index (χ3v) is 4.94. The first kappa shape index (κ1) is 19.7. The van der Waals surface area contributed by atoms with Gasteiger partial charge < -0.3 is 15.1 Å². The molecule has 1 aromatic carbocycles. The molecule has 3 aromatic rings. The summed E-state index contributed by atoms with van der Waals surface area (Å²) in [5, 5.41) is 18.3. The second-order valence-electron chi connectivity index (χ2n) is 6.86. The highest BCUT2D eigenvalue weighted by atomic mass is 19.1. The highest BCUT2D eigenvalue weighted by Gasteiger charge is 2.32. The summed E-state index contributed by atoms with van der Waals surface area (Å²) in [6.07, 6.45) is 3.95. The SMILES string of the molecule is Cc1cc(N2C[C@@H](Cc3ccncc3)[C@H](O)C2)nc2cc(F)ccc12.O=CO. The van der Waals surface area contributed by atoms with Crippen LogP contribution in [0.5, 0.6) is 0 Å². The van der Waals surface area contributed by atoms with Gasteiger partial charge in [0, 0.05) is 42.9 Å². The number of carbonyl (C=O) groups is 1. The number of pyridine rings is 2. The van der Waals surface area contributed by atoms with Crippen molar-refractivity contribution < 1.29 is 19.4 Å². The summed E-state index contributed by atoms with van der Waals surface area (Å²) in [7, 11) is 0. The topological polar surface area (TPSA) is 86.5 Å². The fourth-order valence-electron chi connectivity index (χ4n) is 3.58. The Morgan fingerprint density at radius 1 is 1.21 bits per heavy atom. The molecule has 28 heavy (non-hydrogen) atoms. The number of halogens is 1. The zero-order chi connectivity index (χ0) is 20.1. The first-order valence-electron chi connectivity index (χ1n) is 8.98. The lowest BCUT2D eigenvalue weighted by Crippen LogP contribution is -2.22. The summed E-state index contributed by atoms with van der Waals surface area (Å²) in [4.78, 5) is 19.1. The molecule has 4 rings (SSSR count). The Hall–Kier alpha value is -3.06. The van der Waals surface area contributed by atoms with Crippen molar-refractivity contribution in [3.63, 3.8) is 0 Å². The van der Waals surface area contributed by atoms with Gasteiger partial charge in [0.15, 0.2) is 0 Å². The van der Waals surface area contributed by atoms with Gasteiger partial charge in [0.25, 0.3) is 6.47 Å². The average molecular weight is 383 g/mol. The number of nitrogens with zero attached hydrogens (tertiary/aromatic N) is 3. The second kappa shape index (κ2) is 8.75. The van der Waals surface area contributed by atoms with E-state index in [2.05, 4.69) is 14.9 Å². The van der Waals surface area contributed by atoms with Crippen LogP contribution in [-0.4, -0.2) is 45.8 Å². The minimum atomic E-state index is -0.404. The van der Waals surface area contributed by atoms with Crippen LogP contribution in [0.25, 0.3) is 10.9 Å². The van der Waals surface area contributed by atoms with Gasteiger partial charge in [0.2, 0.25) is 0 Å². The zero-order valence-electron chi connectivity index (χ0n) is 15.5. The van der Waals surface area contributed by atoms with Gasteiger partial charge in [0.1, 0.15) is 11.6 Å². The number of β-amino-alcohol motifs (C(OH)–C–C–N with tert-alkyl or cyclic N) is 1. The van der Waals surface area contributed by atoms with Crippen LogP contribution in [0.1, 0.15) is 11.1 Å². The van der Waals surface area contributed by atoms with E-state index >= 15 is 0 Å². The maximum atomic E-state index is 13.5. The number of aliphatic hydroxyl groups is 1. The monoisotopic (exact) mass is 383 g/mol. The van der Waals surface area contributed by atoms with E-state index in [1.807, 2.05) is 25.1 Å². The van der Waals surface area contributed by atoms with Crippen LogP contribution in [0.15, 0.2) is 48.8 Å². The van der Waals surface area contributed by atoms with E-state index in [-0.39, 0.29) is 18.2 Å². The standard InChI is InChI=1S/C20H20FN3O.CH2O2/c1-13-8-20(23-18-10-16(21)2-3-17(13)18)24-11-15(19(25)12-24)9-14-4-6-22-7-5-14;2-1-3/h2-8,10,15,19,25H,9,11-12H2,1H3;1H,(H,2,3)/t15-,19-;/m1./s1. The van der Waals surface area contributed by atoms with Crippen LogP contribution in [0.3, 0.4) is 0 Å². The largest absolute Gasteiger partial charge is 0.483 e. The lowest BCUT2D eigenvalue weighted by molar-refractivity contribution is -0.122. The zero-order valence-corrected chi connectivity index (χ0v) is 15.5. The summed E-state index contributed by atoms with van der Waals surface area (Å²) in [5.74, 6) is 0.660. The first-order valence-corrected chi connectivity index (χ1v) is 8.98. The molecule has 7 heteroatoms. The maximum absolute atomic E-state index is 13.5. The minimum Gasteiger partial charge on any atom is -0.483 e. The van der Waals surface area contributed by atoms with E-state index in [1.54, 1.807) is 18.5 Å². The number of aromatic nitrogens is 2. The van der Waals surface area contributed by atoms with Gasteiger partial charge in [-0.1, -0.05) is 0 Å². The Morgan fingerprint density at radius 2 is 1.93 bits per heavy atom. The number of fused-ring (bicyclic) bond motifs is 1. The number of hydrogen-bond donors (Lipinski definition) is 2. The number of anilines is 1. The maximum Gasteiger partial charge on any atom is 0.290 e. The van der Waals surface area contributed by atoms with Crippen molar-refractivity contribution in [2.45, 2.75) is 19.4 Å². The molecule has 0 unspecified atom stereocenters. The predicted molar refractivity (Wildman–Crippen MR) is 105 cm³/mol. The van der Waals surface area contributed by atoms with Crippen LogP contribution in [0, 0.1) is 18.7 Å². The van der Waals surface area contributed by atoms with Crippen molar-refractivity contribution in [2.75, 3.05) is 18.0 Å². The van der Waals surface area contributed by atoms with Gasteiger partial charge in [-0.3, -0.25) is 9.78 Å². The van der Waals surface area contributed by atoms with E-state index in [1.165, 1.54) is 17.7 Å². The molecule has 0 saturated carbocycles. The van der Waals surface area contributed by atoms with Gasteiger partial charge in [-0.25, -0.2) is 9.37 Å². The minimum absolute atomic E-state index is 0.146. The summed E-state index contributed by atoms with van der Waals surface area (Å²) in [6.45, 7) is 3.03. The lowest BCUT2D eigenvalue weighted by Gasteiger charge is -2.18. The fourth-order valence-corrected chi connectivity index (χ4v) is 3.58. The Bertz CT molecular complexity index is 952. The summed E-state index contributed by atoms with van der Waals surface area (Å²) < 4.78 is 13.5. The Balaban J connectivity index is 0.000000706. The molecular formula is C21H22FN3O3. The highest BCUT2D eigenvalue weighted by Crippen LogP contribution is 2.29. The van der Waals surface area contributed by atoms with Crippen LogP contribution in [-0.2, 0) is 11.2 Å². The molecular weight excluding hydrogens is 361 g/mol.